The third-order valence-electron chi connectivity index (χ3n) is 3.29. The lowest BCUT2D eigenvalue weighted by molar-refractivity contribution is 0.429. The van der Waals surface area contributed by atoms with Crippen LogP contribution in [-0.4, -0.2) is 18.6 Å². The van der Waals surface area contributed by atoms with E-state index in [9.17, 15) is 0 Å². The topological polar surface area (TPSA) is 24.1 Å². The molecule has 0 fully saturated rings. The summed E-state index contributed by atoms with van der Waals surface area (Å²) >= 11 is 0. The van der Waals surface area contributed by atoms with Gasteiger partial charge < -0.3 is 10.6 Å². The monoisotopic (exact) mass is 232 g/mol. The van der Waals surface area contributed by atoms with Crippen LogP contribution in [0.5, 0.6) is 0 Å². The van der Waals surface area contributed by atoms with Gasteiger partial charge in [-0.05, 0) is 63.4 Å². The Labute approximate surface area is 105 Å². The maximum atomic E-state index is 3.56. The Kier molecular flexibility index (Phi) is 3.85. The standard InChI is InChI=1S/C15H24N2/c1-15(2,3)17-10-8-13-6-4-5-12-7-9-16-11-14(12)13/h4-6,16-17H,7-11H2,1-3H3. The minimum absolute atomic E-state index is 0.215. The first-order valence-electron chi connectivity index (χ1n) is 6.62. The van der Waals surface area contributed by atoms with Crippen molar-refractivity contribution in [2.45, 2.75) is 45.7 Å². The molecule has 0 amide bonds. The van der Waals surface area contributed by atoms with Gasteiger partial charge in [-0.15, -0.1) is 0 Å². The first kappa shape index (κ1) is 12.6. The van der Waals surface area contributed by atoms with Crippen LogP contribution in [0.15, 0.2) is 18.2 Å². The fourth-order valence-corrected chi connectivity index (χ4v) is 2.39. The predicted molar refractivity (Wildman–Crippen MR) is 73.3 cm³/mol. The second-order valence-electron chi connectivity index (χ2n) is 5.91. The van der Waals surface area contributed by atoms with E-state index in [4.69, 9.17) is 0 Å². The van der Waals surface area contributed by atoms with Crippen LogP contribution in [0.1, 0.15) is 37.5 Å². The molecule has 1 aliphatic rings. The van der Waals surface area contributed by atoms with Crippen LogP contribution in [0.3, 0.4) is 0 Å². The lowest BCUT2D eigenvalue weighted by Gasteiger charge is -2.23. The summed E-state index contributed by atoms with van der Waals surface area (Å²) in [5.74, 6) is 0. The lowest BCUT2D eigenvalue weighted by atomic mass is 9.94. The molecule has 0 radical (unpaired) electrons. The summed E-state index contributed by atoms with van der Waals surface area (Å²) < 4.78 is 0. The van der Waals surface area contributed by atoms with E-state index < -0.39 is 0 Å². The molecule has 1 aromatic rings. The van der Waals surface area contributed by atoms with Gasteiger partial charge in [0.15, 0.2) is 0 Å². The summed E-state index contributed by atoms with van der Waals surface area (Å²) in [5, 5.41) is 7.02. The van der Waals surface area contributed by atoms with Crippen molar-refractivity contribution in [2.24, 2.45) is 0 Å². The quantitative estimate of drug-likeness (QED) is 0.835. The van der Waals surface area contributed by atoms with Gasteiger partial charge in [0.2, 0.25) is 0 Å². The average molecular weight is 232 g/mol. The molecule has 94 valence electrons. The third kappa shape index (κ3) is 3.55. The molecule has 0 spiro atoms. The van der Waals surface area contributed by atoms with Crippen LogP contribution < -0.4 is 10.6 Å². The Morgan fingerprint density at radius 1 is 1.29 bits per heavy atom. The minimum Gasteiger partial charge on any atom is -0.312 e. The first-order valence-corrected chi connectivity index (χ1v) is 6.62. The summed E-state index contributed by atoms with van der Waals surface area (Å²) in [5.41, 5.74) is 4.80. The second kappa shape index (κ2) is 5.19. The molecule has 0 aliphatic carbocycles. The van der Waals surface area contributed by atoms with Gasteiger partial charge >= 0.3 is 0 Å². The maximum Gasteiger partial charge on any atom is 0.0211 e. The van der Waals surface area contributed by atoms with Crippen molar-refractivity contribution in [1.29, 1.82) is 0 Å². The number of nitrogens with one attached hydrogen (secondary N) is 2. The SMILES string of the molecule is CC(C)(C)NCCc1cccc2c1CNCC2. The van der Waals surface area contributed by atoms with E-state index in [2.05, 4.69) is 49.6 Å². The molecule has 0 saturated heterocycles. The van der Waals surface area contributed by atoms with Gasteiger partial charge in [0.05, 0.1) is 0 Å². The molecule has 2 N–H and O–H groups in total. The van der Waals surface area contributed by atoms with Gasteiger partial charge in [0, 0.05) is 12.1 Å². The molecule has 1 aromatic carbocycles. The van der Waals surface area contributed by atoms with Crippen LogP contribution in [0.4, 0.5) is 0 Å². The van der Waals surface area contributed by atoms with E-state index in [-0.39, 0.29) is 5.54 Å². The average Bonchev–Trinajstić information content (AvgIpc) is 2.28. The molecule has 0 bridgehead atoms. The summed E-state index contributed by atoms with van der Waals surface area (Å²) in [4.78, 5) is 0. The third-order valence-corrected chi connectivity index (χ3v) is 3.29. The number of fused-ring (bicyclic) bond motifs is 1. The lowest BCUT2D eigenvalue weighted by Crippen LogP contribution is -2.37. The number of hydrogen-bond acceptors (Lipinski definition) is 2. The Balaban J connectivity index is 2.01. The van der Waals surface area contributed by atoms with E-state index >= 15 is 0 Å². The Morgan fingerprint density at radius 3 is 2.88 bits per heavy atom. The zero-order valence-corrected chi connectivity index (χ0v) is 11.3. The van der Waals surface area contributed by atoms with Crippen molar-refractivity contribution in [3.63, 3.8) is 0 Å². The van der Waals surface area contributed by atoms with Gasteiger partial charge in [-0.2, -0.15) is 0 Å². The highest BCUT2D eigenvalue weighted by Gasteiger charge is 2.13. The van der Waals surface area contributed by atoms with Gasteiger partial charge in [-0.1, -0.05) is 18.2 Å². The van der Waals surface area contributed by atoms with Gasteiger partial charge in [-0.25, -0.2) is 0 Å². The van der Waals surface area contributed by atoms with Gasteiger partial charge in [0.1, 0.15) is 0 Å². The molecule has 0 atom stereocenters. The Hall–Kier alpha value is -0.860. The maximum absolute atomic E-state index is 3.56. The zero-order chi connectivity index (χ0) is 12.3. The molecule has 2 nitrogen and oxygen atoms in total. The van der Waals surface area contributed by atoms with Gasteiger partial charge in [-0.3, -0.25) is 0 Å². The fourth-order valence-electron chi connectivity index (χ4n) is 2.39. The molecule has 0 unspecified atom stereocenters. The minimum atomic E-state index is 0.215. The molecular formula is C15H24N2. The van der Waals surface area contributed by atoms with E-state index in [1.54, 1.807) is 0 Å². The van der Waals surface area contributed by atoms with E-state index in [0.717, 1.165) is 26.1 Å². The van der Waals surface area contributed by atoms with E-state index in [1.807, 2.05) is 0 Å². The normalized spacial score (nSPS) is 15.7. The molecule has 0 saturated carbocycles. The van der Waals surface area contributed by atoms with Crippen LogP contribution in [0.2, 0.25) is 0 Å². The highest BCUT2D eigenvalue weighted by atomic mass is 14.9. The summed E-state index contributed by atoms with van der Waals surface area (Å²) in [6.07, 6.45) is 2.30. The highest BCUT2D eigenvalue weighted by Crippen LogP contribution is 2.18. The zero-order valence-electron chi connectivity index (χ0n) is 11.3. The largest absolute Gasteiger partial charge is 0.312 e. The molecule has 0 aromatic heterocycles. The number of benzene rings is 1. The summed E-state index contributed by atoms with van der Waals surface area (Å²) in [7, 11) is 0. The smallest absolute Gasteiger partial charge is 0.0211 e. The van der Waals surface area contributed by atoms with Crippen molar-refractivity contribution in [1.82, 2.24) is 10.6 Å². The number of hydrogen-bond donors (Lipinski definition) is 2. The Bertz CT molecular complexity index is 377. The van der Waals surface area contributed by atoms with Crippen LogP contribution in [0.25, 0.3) is 0 Å². The first-order chi connectivity index (χ1) is 8.06. The molecule has 1 aliphatic heterocycles. The van der Waals surface area contributed by atoms with Crippen LogP contribution in [0, 0.1) is 0 Å². The van der Waals surface area contributed by atoms with Crippen LogP contribution >= 0.6 is 0 Å². The van der Waals surface area contributed by atoms with Crippen molar-refractivity contribution >= 4 is 0 Å². The molecular weight excluding hydrogens is 208 g/mol. The predicted octanol–water partition coefficient (Wildman–Crippen LogP) is 2.26. The molecule has 2 heteroatoms. The van der Waals surface area contributed by atoms with Gasteiger partial charge in [0.25, 0.3) is 0 Å². The molecule has 2 rings (SSSR count). The second-order valence-corrected chi connectivity index (χ2v) is 5.91. The van der Waals surface area contributed by atoms with Crippen molar-refractivity contribution in [3.8, 4) is 0 Å². The summed E-state index contributed by atoms with van der Waals surface area (Å²) in [6.45, 7) is 9.87. The Morgan fingerprint density at radius 2 is 2.12 bits per heavy atom. The summed E-state index contributed by atoms with van der Waals surface area (Å²) in [6, 6.07) is 6.75. The van der Waals surface area contributed by atoms with Crippen molar-refractivity contribution in [3.05, 3.63) is 34.9 Å². The van der Waals surface area contributed by atoms with Crippen molar-refractivity contribution in [2.75, 3.05) is 13.1 Å². The molecule has 1 heterocycles. The number of rotatable bonds is 3. The van der Waals surface area contributed by atoms with E-state index in [1.165, 1.54) is 23.1 Å². The highest BCUT2D eigenvalue weighted by molar-refractivity contribution is 5.37. The molecule has 17 heavy (non-hydrogen) atoms. The van der Waals surface area contributed by atoms with E-state index in [0.29, 0.717) is 0 Å². The van der Waals surface area contributed by atoms with Crippen molar-refractivity contribution < 1.29 is 0 Å². The van der Waals surface area contributed by atoms with Crippen LogP contribution in [-0.2, 0) is 19.4 Å². The fraction of sp³-hybridized carbons (Fsp3) is 0.600.